The van der Waals surface area contributed by atoms with Crippen LogP contribution >= 0.6 is 33.9 Å². The monoisotopic (exact) mass is 405 g/mol. The number of carbonyl (C=O) groups is 1. The third-order valence-corrected chi connectivity index (χ3v) is 4.09. The fraction of sp³-hybridized carbons (Fsp3) is 0.286. The van der Waals surface area contributed by atoms with E-state index in [9.17, 15) is 9.18 Å². The molecule has 1 aromatic heterocycles. The molecule has 3 nitrogen and oxygen atoms in total. The molecule has 0 spiro atoms. The number of esters is 1. The van der Waals surface area contributed by atoms with Crippen LogP contribution in [-0.2, 0) is 4.74 Å². The highest BCUT2D eigenvalue weighted by atomic mass is 127. The zero-order chi connectivity index (χ0) is 14.9. The molecule has 2 aromatic rings. The molecule has 0 fully saturated rings. The molecule has 0 aliphatic rings. The third-order valence-electron chi connectivity index (χ3n) is 2.31. The molecule has 0 N–H and O–H groups in total. The Morgan fingerprint density at radius 2 is 2.00 bits per heavy atom. The summed E-state index contributed by atoms with van der Waals surface area (Å²) in [5.41, 5.74) is -0.0771. The van der Waals surface area contributed by atoms with Crippen LogP contribution in [0, 0.1) is 8.83 Å². The van der Waals surface area contributed by atoms with Crippen molar-refractivity contribution in [2.75, 3.05) is 0 Å². The smallest absolute Gasteiger partial charge is 0.359 e. The predicted molar refractivity (Wildman–Crippen MR) is 85.4 cm³/mol. The van der Waals surface area contributed by atoms with Gasteiger partial charge in [-0.3, -0.25) is 0 Å². The van der Waals surface area contributed by atoms with Gasteiger partial charge in [-0.15, -0.1) is 11.3 Å². The summed E-state index contributed by atoms with van der Waals surface area (Å²) >= 11 is 3.28. The van der Waals surface area contributed by atoms with Crippen LogP contribution in [-0.4, -0.2) is 16.6 Å². The van der Waals surface area contributed by atoms with Crippen LogP contribution in [0.5, 0.6) is 0 Å². The molecule has 0 radical (unpaired) electrons. The Morgan fingerprint density at radius 1 is 1.35 bits per heavy atom. The zero-order valence-electron chi connectivity index (χ0n) is 11.2. The molecule has 0 saturated heterocycles. The van der Waals surface area contributed by atoms with E-state index in [-0.39, 0.29) is 11.5 Å². The van der Waals surface area contributed by atoms with Gasteiger partial charge in [-0.2, -0.15) is 0 Å². The second-order valence-corrected chi connectivity index (χ2v) is 7.88. The topological polar surface area (TPSA) is 39.2 Å². The first kappa shape index (κ1) is 15.4. The number of carbonyl (C=O) groups excluding carboxylic acids is 1. The van der Waals surface area contributed by atoms with E-state index in [2.05, 4.69) is 4.98 Å². The van der Waals surface area contributed by atoms with Crippen LogP contribution in [0.4, 0.5) is 4.39 Å². The number of thiazole rings is 1. The van der Waals surface area contributed by atoms with Crippen molar-refractivity contribution >= 4 is 39.9 Å². The van der Waals surface area contributed by atoms with Crippen molar-refractivity contribution < 1.29 is 13.9 Å². The maximum absolute atomic E-state index is 13.9. The lowest BCUT2D eigenvalue weighted by atomic mass is 10.1. The first-order chi connectivity index (χ1) is 9.28. The van der Waals surface area contributed by atoms with Crippen LogP contribution in [0.1, 0.15) is 31.3 Å². The van der Waals surface area contributed by atoms with Crippen molar-refractivity contribution in [2.24, 2.45) is 0 Å². The number of nitrogens with zero attached hydrogens (tertiary/aromatic N) is 1. The number of aromatic nitrogens is 1. The van der Waals surface area contributed by atoms with Gasteiger partial charge in [0.25, 0.3) is 0 Å². The van der Waals surface area contributed by atoms with Crippen molar-refractivity contribution in [1.82, 2.24) is 4.98 Å². The van der Waals surface area contributed by atoms with Gasteiger partial charge in [-0.1, -0.05) is 18.2 Å². The maximum atomic E-state index is 13.9. The average Bonchev–Trinajstić information content (AvgIpc) is 2.69. The minimum absolute atomic E-state index is 0.166. The molecule has 0 atom stereocenters. The minimum Gasteiger partial charge on any atom is -0.455 e. The van der Waals surface area contributed by atoms with Gasteiger partial charge < -0.3 is 4.74 Å². The van der Waals surface area contributed by atoms with Gasteiger partial charge >= 0.3 is 5.97 Å². The normalized spacial score (nSPS) is 11.4. The number of hydrogen-bond acceptors (Lipinski definition) is 4. The quantitative estimate of drug-likeness (QED) is 0.545. The van der Waals surface area contributed by atoms with E-state index in [0.717, 1.165) is 0 Å². The molecule has 1 aromatic carbocycles. The number of hydrogen-bond donors (Lipinski definition) is 0. The second-order valence-electron chi connectivity index (χ2n) is 5.13. The van der Waals surface area contributed by atoms with E-state index in [1.54, 1.807) is 39.0 Å². The Morgan fingerprint density at radius 3 is 2.60 bits per heavy atom. The molecule has 0 aliphatic carbocycles. The summed E-state index contributed by atoms with van der Waals surface area (Å²) in [6.45, 7) is 5.35. The summed E-state index contributed by atoms with van der Waals surface area (Å²) in [6, 6.07) is 6.33. The van der Waals surface area contributed by atoms with Crippen LogP contribution in [0.25, 0.3) is 10.4 Å². The van der Waals surface area contributed by atoms with Crippen LogP contribution in [0.2, 0.25) is 0 Å². The molecule has 0 saturated carbocycles. The minimum atomic E-state index is -0.612. The number of rotatable bonds is 2. The molecular weight excluding hydrogens is 392 g/mol. The van der Waals surface area contributed by atoms with Gasteiger partial charge in [0, 0.05) is 5.56 Å². The van der Waals surface area contributed by atoms with Crippen LogP contribution in [0.15, 0.2) is 24.3 Å². The van der Waals surface area contributed by atoms with E-state index >= 15 is 0 Å². The van der Waals surface area contributed by atoms with Crippen molar-refractivity contribution in [3.8, 4) is 10.4 Å². The molecule has 1 heterocycles. The van der Waals surface area contributed by atoms with Crippen LogP contribution < -0.4 is 0 Å². The summed E-state index contributed by atoms with van der Waals surface area (Å²) in [4.78, 5) is 16.9. The molecule has 0 amide bonds. The lowest BCUT2D eigenvalue weighted by Crippen LogP contribution is -2.24. The lowest BCUT2D eigenvalue weighted by Gasteiger charge is -2.19. The van der Waals surface area contributed by atoms with Gasteiger partial charge in [0.05, 0.1) is 4.88 Å². The predicted octanol–water partition coefficient (Wildman–Crippen LogP) is 4.51. The number of ether oxygens (including phenoxy) is 1. The van der Waals surface area contributed by atoms with Crippen molar-refractivity contribution in [3.63, 3.8) is 0 Å². The summed E-state index contributed by atoms with van der Waals surface area (Å²) in [6.07, 6.45) is 0. The van der Waals surface area contributed by atoms with Gasteiger partial charge in [-0.25, -0.2) is 14.2 Å². The number of halogens is 2. The highest BCUT2D eigenvalue weighted by molar-refractivity contribution is 14.1. The summed E-state index contributed by atoms with van der Waals surface area (Å²) < 4.78 is 19.9. The average molecular weight is 405 g/mol. The number of benzene rings is 1. The molecule has 2 rings (SSSR count). The van der Waals surface area contributed by atoms with Gasteiger partial charge in [0.15, 0.2) is 8.71 Å². The standard InChI is InChI=1S/C14H13FINO2S/c1-14(2,3)19-12(18)10-11(20-13(16)17-10)8-6-4-5-7-9(8)15/h4-7H,1-3H3. The van der Waals surface area contributed by atoms with E-state index in [1.165, 1.54) is 17.4 Å². The van der Waals surface area contributed by atoms with Gasteiger partial charge in [-0.05, 0) is 49.4 Å². The highest BCUT2D eigenvalue weighted by Crippen LogP contribution is 2.33. The molecular formula is C14H13FINO2S. The molecule has 106 valence electrons. The second kappa shape index (κ2) is 5.77. The Balaban J connectivity index is 2.46. The summed E-state index contributed by atoms with van der Waals surface area (Å²) in [5.74, 6) is -0.910. The maximum Gasteiger partial charge on any atom is 0.359 e. The Labute approximate surface area is 134 Å². The SMILES string of the molecule is CC(C)(C)OC(=O)c1nc(I)sc1-c1ccccc1F. The molecule has 20 heavy (non-hydrogen) atoms. The molecule has 0 unspecified atom stereocenters. The fourth-order valence-corrected chi connectivity index (χ4v) is 3.30. The first-order valence-corrected chi connectivity index (χ1v) is 7.82. The molecule has 0 aliphatic heterocycles. The van der Waals surface area contributed by atoms with E-state index < -0.39 is 11.6 Å². The van der Waals surface area contributed by atoms with Crippen molar-refractivity contribution in [2.45, 2.75) is 26.4 Å². The van der Waals surface area contributed by atoms with Crippen molar-refractivity contribution in [1.29, 1.82) is 0 Å². The Hall–Kier alpha value is -1.02. The molecule has 6 heteroatoms. The van der Waals surface area contributed by atoms with Crippen LogP contribution in [0.3, 0.4) is 0 Å². The van der Waals surface area contributed by atoms with E-state index in [4.69, 9.17) is 4.74 Å². The lowest BCUT2D eigenvalue weighted by molar-refractivity contribution is 0.00645. The van der Waals surface area contributed by atoms with E-state index in [0.29, 0.717) is 13.5 Å². The Kier molecular flexibility index (Phi) is 4.43. The van der Waals surface area contributed by atoms with E-state index in [1.807, 2.05) is 22.6 Å². The third kappa shape index (κ3) is 3.54. The summed E-state index contributed by atoms with van der Waals surface area (Å²) in [7, 11) is 0. The summed E-state index contributed by atoms with van der Waals surface area (Å²) in [5, 5.41) is 0. The fourth-order valence-electron chi connectivity index (χ4n) is 1.59. The van der Waals surface area contributed by atoms with Gasteiger partial charge in [0.1, 0.15) is 11.4 Å². The zero-order valence-corrected chi connectivity index (χ0v) is 14.2. The largest absolute Gasteiger partial charge is 0.455 e. The first-order valence-electron chi connectivity index (χ1n) is 5.92. The Bertz CT molecular complexity index is 649. The van der Waals surface area contributed by atoms with Gasteiger partial charge in [0.2, 0.25) is 0 Å². The van der Waals surface area contributed by atoms with Crippen molar-refractivity contribution in [3.05, 3.63) is 38.8 Å². The molecule has 0 bridgehead atoms. The highest BCUT2D eigenvalue weighted by Gasteiger charge is 2.25.